The summed E-state index contributed by atoms with van der Waals surface area (Å²) in [5, 5.41) is 8.72. The molecule has 1 aliphatic carbocycles. The molecule has 0 bridgehead atoms. The molecule has 0 spiro atoms. The molecule has 1 aromatic heterocycles. The average molecular weight is 325 g/mol. The third-order valence-corrected chi connectivity index (χ3v) is 5.26. The van der Waals surface area contributed by atoms with Crippen molar-refractivity contribution in [1.82, 2.24) is 19.7 Å². The van der Waals surface area contributed by atoms with Crippen LogP contribution >= 0.6 is 0 Å². The van der Waals surface area contributed by atoms with Gasteiger partial charge >= 0.3 is 0 Å². The summed E-state index contributed by atoms with van der Waals surface area (Å²) in [7, 11) is 0. The van der Waals surface area contributed by atoms with Crippen molar-refractivity contribution in [2.24, 2.45) is 5.73 Å². The molecule has 6 nitrogen and oxygen atoms in total. The van der Waals surface area contributed by atoms with Gasteiger partial charge in [-0.25, -0.2) is 0 Å². The number of nitrogens with zero attached hydrogens (tertiary/aromatic N) is 4. The molecule has 1 aromatic carbocycles. The smallest absolute Gasteiger partial charge is 0.243 e. The first kappa shape index (κ1) is 15.3. The van der Waals surface area contributed by atoms with E-state index < -0.39 is 5.54 Å². The average Bonchev–Trinajstić information content (AvgIpc) is 2.96. The number of nitrogens with two attached hydrogens (primary N) is 1. The normalized spacial score (nSPS) is 21.9. The van der Waals surface area contributed by atoms with Crippen LogP contribution in [0, 0.1) is 0 Å². The molecule has 1 atom stereocenters. The van der Waals surface area contributed by atoms with Crippen LogP contribution in [-0.4, -0.2) is 37.7 Å². The van der Waals surface area contributed by atoms with Crippen LogP contribution in [0.5, 0.6) is 0 Å². The second-order valence-electron chi connectivity index (χ2n) is 7.11. The van der Waals surface area contributed by atoms with Crippen LogP contribution in [0.4, 0.5) is 0 Å². The quantitative estimate of drug-likeness (QED) is 0.931. The minimum Gasteiger partial charge on any atom is -0.331 e. The van der Waals surface area contributed by atoms with E-state index in [-0.39, 0.29) is 11.9 Å². The van der Waals surface area contributed by atoms with E-state index in [9.17, 15) is 4.79 Å². The number of amides is 1. The predicted molar refractivity (Wildman–Crippen MR) is 90.2 cm³/mol. The second kappa shape index (κ2) is 5.70. The zero-order valence-corrected chi connectivity index (χ0v) is 14.0. The number of hydrogen-bond acceptors (Lipinski definition) is 4. The van der Waals surface area contributed by atoms with Crippen molar-refractivity contribution in [3.63, 3.8) is 0 Å². The predicted octanol–water partition coefficient (Wildman–Crippen LogP) is 1.65. The van der Waals surface area contributed by atoms with Crippen molar-refractivity contribution in [1.29, 1.82) is 0 Å². The molecule has 0 radical (unpaired) electrons. The van der Waals surface area contributed by atoms with E-state index in [4.69, 9.17) is 5.73 Å². The molecular weight excluding hydrogens is 302 g/mol. The largest absolute Gasteiger partial charge is 0.331 e. The van der Waals surface area contributed by atoms with E-state index in [0.29, 0.717) is 13.1 Å². The number of rotatable bonds is 3. The Balaban J connectivity index is 1.56. The third-order valence-electron chi connectivity index (χ3n) is 5.26. The van der Waals surface area contributed by atoms with Crippen LogP contribution in [0.15, 0.2) is 30.3 Å². The molecule has 0 saturated heterocycles. The SMILES string of the molecule is C[C@H]1CN(C(=O)C2(N)CCC2)Cc2nnc(Cc3ccccc3)n21. The molecule has 2 N–H and O–H groups in total. The van der Waals surface area contributed by atoms with E-state index in [1.54, 1.807) is 0 Å². The number of aromatic nitrogens is 3. The number of carbonyl (C=O) groups is 1. The molecule has 1 fully saturated rings. The van der Waals surface area contributed by atoms with Crippen LogP contribution in [0.25, 0.3) is 0 Å². The van der Waals surface area contributed by atoms with Gasteiger partial charge in [-0.15, -0.1) is 10.2 Å². The van der Waals surface area contributed by atoms with E-state index >= 15 is 0 Å². The molecule has 1 aliphatic heterocycles. The Hall–Kier alpha value is -2.21. The highest BCUT2D eigenvalue weighted by atomic mass is 16.2. The summed E-state index contributed by atoms with van der Waals surface area (Å²) < 4.78 is 2.18. The van der Waals surface area contributed by atoms with Crippen molar-refractivity contribution in [3.05, 3.63) is 47.5 Å². The highest BCUT2D eigenvalue weighted by Crippen LogP contribution is 2.33. The molecule has 126 valence electrons. The van der Waals surface area contributed by atoms with E-state index in [2.05, 4.69) is 33.8 Å². The fraction of sp³-hybridized carbons (Fsp3) is 0.500. The molecule has 1 saturated carbocycles. The van der Waals surface area contributed by atoms with Crippen molar-refractivity contribution in [2.45, 2.75) is 50.7 Å². The molecular formula is C18H23N5O. The third kappa shape index (κ3) is 2.51. The maximum atomic E-state index is 12.7. The van der Waals surface area contributed by atoms with Gasteiger partial charge < -0.3 is 15.2 Å². The summed E-state index contributed by atoms with van der Waals surface area (Å²) in [6.45, 7) is 3.29. The van der Waals surface area contributed by atoms with Crippen LogP contribution in [0.3, 0.4) is 0 Å². The fourth-order valence-corrected chi connectivity index (χ4v) is 3.75. The summed E-state index contributed by atoms with van der Waals surface area (Å²) in [5.74, 6) is 1.89. The first-order valence-corrected chi connectivity index (χ1v) is 8.62. The van der Waals surface area contributed by atoms with E-state index in [0.717, 1.165) is 37.3 Å². The zero-order valence-electron chi connectivity index (χ0n) is 14.0. The van der Waals surface area contributed by atoms with Gasteiger partial charge in [0, 0.05) is 13.0 Å². The topological polar surface area (TPSA) is 77.0 Å². The van der Waals surface area contributed by atoms with Gasteiger partial charge in [0.25, 0.3) is 0 Å². The van der Waals surface area contributed by atoms with Crippen LogP contribution < -0.4 is 5.73 Å². The number of carbonyl (C=O) groups excluding carboxylic acids is 1. The number of fused-ring (bicyclic) bond motifs is 1. The molecule has 2 aliphatic rings. The summed E-state index contributed by atoms with van der Waals surface area (Å²) in [6, 6.07) is 10.4. The Kier molecular flexibility index (Phi) is 3.64. The molecule has 6 heteroatoms. The van der Waals surface area contributed by atoms with Crippen LogP contribution in [0.2, 0.25) is 0 Å². The second-order valence-corrected chi connectivity index (χ2v) is 7.11. The monoisotopic (exact) mass is 325 g/mol. The summed E-state index contributed by atoms with van der Waals surface area (Å²) >= 11 is 0. The Morgan fingerprint density at radius 2 is 2.04 bits per heavy atom. The van der Waals surface area contributed by atoms with Gasteiger partial charge in [-0.3, -0.25) is 4.79 Å². The Bertz CT molecular complexity index is 750. The molecule has 1 amide bonds. The van der Waals surface area contributed by atoms with Crippen molar-refractivity contribution < 1.29 is 4.79 Å². The first-order valence-electron chi connectivity index (χ1n) is 8.62. The number of benzene rings is 1. The Morgan fingerprint density at radius 1 is 1.29 bits per heavy atom. The number of hydrogen-bond donors (Lipinski definition) is 1. The van der Waals surface area contributed by atoms with Crippen LogP contribution in [0.1, 0.15) is 49.4 Å². The minimum absolute atomic E-state index is 0.0689. The van der Waals surface area contributed by atoms with Gasteiger partial charge in [0.15, 0.2) is 5.82 Å². The summed E-state index contributed by atoms with van der Waals surface area (Å²) in [4.78, 5) is 14.6. The molecule has 0 unspecified atom stereocenters. The van der Waals surface area contributed by atoms with Gasteiger partial charge in [0.05, 0.1) is 18.1 Å². The molecule has 2 aromatic rings. The highest BCUT2D eigenvalue weighted by molar-refractivity contribution is 5.87. The lowest BCUT2D eigenvalue weighted by Crippen LogP contribution is -2.60. The van der Waals surface area contributed by atoms with Gasteiger partial charge in [-0.2, -0.15) is 0 Å². The Labute approximate surface area is 141 Å². The van der Waals surface area contributed by atoms with E-state index in [1.165, 1.54) is 5.56 Å². The van der Waals surface area contributed by atoms with Gasteiger partial charge in [0.2, 0.25) is 5.91 Å². The van der Waals surface area contributed by atoms with Gasteiger partial charge in [-0.1, -0.05) is 30.3 Å². The van der Waals surface area contributed by atoms with Gasteiger partial charge in [0.1, 0.15) is 5.82 Å². The molecule has 4 rings (SSSR count). The van der Waals surface area contributed by atoms with Crippen molar-refractivity contribution >= 4 is 5.91 Å². The maximum Gasteiger partial charge on any atom is 0.243 e. The zero-order chi connectivity index (χ0) is 16.7. The lowest BCUT2D eigenvalue weighted by Gasteiger charge is -2.42. The minimum atomic E-state index is -0.644. The first-order chi connectivity index (χ1) is 11.6. The molecule has 24 heavy (non-hydrogen) atoms. The maximum absolute atomic E-state index is 12.7. The molecule has 2 heterocycles. The van der Waals surface area contributed by atoms with Crippen molar-refractivity contribution in [2.75, 3.05) is 6.54 Å². The van der Waals surface area contributed by atoms with Crippen molar-refractivity contribution in [3.8, 4) is 0 Å². The van der Waals surface area contributed by atoms with E-state index in [1.807, 2.05) is 23.1 Å². The van der Waals surface area contributed by atoms with Crippen LogP contribution in [-0.2, 0) is 17.8 Å². The van der Waals surface area contributed by atoms with Gasteiger partial charge in [-0.05, 0) is 31.7 Å². The lowest BCUT2D eigenvalue weighted by molar-refractivity contribution is -0.142. The lowest BCUT2D eigenvalue weighted by atomic mass is 9.76. The standard InChI is InChI=1S/C18H23N5O/c1-13-11-22(17(24)18(19)8-5-9-18)12-16-21-20-15(23(13)16)10-14-6-3-2-4-7-14/h2-4,6-7,13H,5,8-12,19H2,1H3/t13-/m0/s1. The summed E-state index contributed by atoms with van der Waals surface area (Å²) in [5.41, 5.74) is 6.79. The highest BCUT2D eigenvalue weighted by Gasteiger charge is 2.44. The summed E-state index contributed by atoms with van der Waals surface area (Å²) in [6.07, 6.45) is 3.39. The Morgan fingerprint density at radius 3 is 2.71 bits per heavy atom. The fourth-order valence-electron chi connectivity index (χ4n) is 3.75.